The van der Waals surface area contributed by atoms with Gasteiger partial charge in [0.2, 0.25) is 0 Å². The van der Waals surface area contributed by atoms with Crippen molar-refractivity contribution >= 4 is 29.9 Å². The van der Waals surface area contributed by atoms with Crippen molar-refractivity contribution in [1.29, 1.82) is 0 Å². The first-order valence-corrected chi connectivity index (χ1v) is 10.8. The Labute approximate surface area is 196 Å². The molecule has 0 bridgehead atoms. The molecule has 0 spiro atoms. The number of benzene rings is 1. The fourth-order valence-corrected chi connectivity index (χ4v) is 4.13. The van der Waals surface area contributed by atoms with Crippen LogP contribution in [-0.4, -0.2) is 74.3 Å². The SMILES string of the molecule is I.c1ccc(CCNC(=NCCc2ccco2)N2CCC(N3CCOCC3)C2)cc1. The average molecular weight is 524 g/mol. The second kappa shape index (κ2) is 12.3. The molecule has 3 heterocycles. The van der Waals surface area contributed by atoms with Crippen LogP contribution in [0.4, 0.5) is 0 Å². The third-order valence-corrected chi connectivity index (χ3v) is 5.76. The van der Waals surface area contributed by atoms with E-state index in [1.165, 1.54) is 12.0 Å². The van der Waals surface area contributed by atoms with E-state index in [1.54, 1.807) is 6.26 Å². The van der Waals surface area contributed by atoms with Gasteiger partial charge in [-0.3, -0.25) is 9.89 Å². The molecule has 0 saturated carbocycles. The summed E-state index contributed by atoms with van der Waals surface area (Å²) in [6.45, 7) is 7.53. The highest BCUT2D eigenvalue weighted by Crippen LogP contribution is 2.17. The Morgan fingerprint density at radius 3 is 2.63 bits per heavy atom. The monoisotopic (exact) mass is 524 g/mol. The van der Waals surface area contributed by atoms with Crippen LogP contribution in [0.3, 0.4) is 0 Å². The highest BCUT2D eigenvalue weighted by Gasteiger charge is 2.30. The summed E-state index contributed by atoms with van der Waals surface area (Å²) < 4.78 is 11.0. The van der Waals surface area contributed by atoms with E-state index in [-0.39, 0.29) is 24.0 Å². The minimum atomic E-state index is 0. The molecule has 6 nitrogen and oxygen atoms in total. The van der Waals surface area contributed by atoms with E-state index in [9.17, 15) is 0 Å². The van der Waals surface area contributed by atoms with Crippen molar-refractivity contribution in [2.45, 2.75) is 25.3 Å². The highest BCUT2D eigenvalue weighted by atomic mass is 127. The third-order valence-electron chi connectivity index (χ3n) is 5.76. The molecule has 7 heteroatoms. The molecule has 0 amide bonds. The highest BCUT2D eigenvalue weighted by molar-refractivity contribution is 14.0. The number of hydrogen-bond donors (Lipinski definition) is 1. The normalized spacial score (nSPS) is 20.2. The number of halogens is 1. The number of hydrogen-bond acceptors (Lipinski definition) is 4. The van der Waals surface area contributed by atoms with Crippen LogP contribution in [-0.2, 0) is 17.6 Å². The second-order valence-electron chi connectivity index (χ2n) is 7.73. The molecule has 4 rings (SSSR count). The fourth-order valence-electron chi connectivity index (χ4n) is 4.13. The van der Waals surface area contributed by atoms with Gasteiger partial charge in [-0.25, -0.2) is 0 Å². The Bertz CT molecular complexity index is 748. The van der Waals surface area contributed by atoms with Crippen molar-refractivity contribution in [3.8, 4) is 0 Å². The number of furan rings is 1. The van der Waals surface area contributed by atoms with Gasteiger partial charge in [0.15, 0.2) is 5.96 Å². The van der Waals surface area contributed by atoms with E-state index in [0.29, 0.717) is 6.04 Å². The van der Waals surface area contributed by atoms with Crippen LogP contribution in [0.1, 0.15) is 17.7 Å². The van der Waals surface area contributed by atoms with E-state index in [2.05, 4.69) is 45.4 Å². The van der Waals surface area contributed by atoms with Gasteiger partial charge in [-0.2, -0.15) is 0 Å². The summed E-state index contributed by atoms with van der Waals surface area (Å²) in [6, 6.07) is 15.2. The molecule has 164 valence electrons. The maximum Gasteiger partial charge on any atom is 0.194 e. The summed E-state index contributed by atoms with van der Waals surface area (Å²) in [5, 5.41) is 3.62. The summed E-state index contributed by atoms with van der Waals surface area (Å²) in [6.07, 6.45) is 4.75. The first kappa shape index (κ1) is 23.1. The maximum atomic E-state index is 5.52. The van der Waals surface area contributed by atoms with Crippen LogP contribution < -0.4 is 5.32 Å². The zero-order chi connectivity index (χ0) is 19.7. The van der Waals surface area contributed by atoms with Crippen LogP contribution in [0.15, 0.2) is 58.1 Å². The van der Waals surface area contributed by atoms with Gasteiger partial charge >= 0.3 is 0 Å². The van der Waals surface area contributed by atoms with Crippen LogP contribution in [0, 0.1) is 0 Å². The first-order chi connectivity index (χ1) is 14.4. The minimum Gasteiger partial charge on any atom is -0.469 e. The minimum absolute atomic E-state index is 0. The molecule has 2 aliphatic rings. The number of nitrogens with one attached hydrogen (secondary N) is 1. The second-order valence-corrected chi connectivity index (χ2v) is 7.73. The molecular formula is C23H33IN4O2. The number of guanidine groups is 1. The Balaban J connectivity index is 0.00000256. The Kier molecular flexibility index (Phi) is 9.48. The zero-order valence-corrected chi connectivity index (χ0v) is 19.9. The summed E-state index contributed by atoms with van der Waals surface area (Å²) in [5.74, 6) is 2.02. The lowest BCUT2D eigenvalue weighted by Gasteiger charge is -2.32. The standard InChI is InChI=1S/C23H32N4O2.HI/c1-2-5-20(6-3-1)8-11-24-23(25-12-9-22-7-4-16-29-22)27-13-10-21(19-27)26-14-17-28-18-15-26;/h1-7,16,21H,8-15,17-19H2,(H,24,25);1H. The van der Waals surface area contributed by atoms with E-state index >= 15 is 0 Å². The molecule has 2 fully saturated rings. The molecular weight excluding hydrogens is 491 g/mol. The number of likely N-dealkylation sites (tertiary alicyclic amines) is 1. The van der Waals surface area contributed by atoms with Gasteiger partial charge in [0.1, 0.15) is 5.76 Å². The molecule has 1 N–H and O–H groups in total. The van der Waals surface area contributed by atoms with Crippen molar-refractivity contribution in [3.63, 3.8) is 0 Å². The Morgan fingerprint density at radius 2 is 1.87 bits per heavy atom. The smallest absolute Gasteiger partial charge is 0.194 e. The third kappa shape index (κ3) is 6.72. The molecule has 2 aliphatic heterocycles. The molecule has 1 aromatic heterocycles. The zero-order valence-electron chi connectivity index (χ0n) is 17.5. The first-order valence-electron chi connectivity index (χ1n) is 10.8. The van der Waals surface area contributed by atoms with Gasteiger partial charge < -0.3 is 19.4 Å². The number of morpholine rings is 1. The van der Waals surface area contributed by atoms with Crippen molar-refractivity contribution in [3.05, 3.63) is 60.1 Å². The summed E-state index contributed by atoms with van der Waals surface area (Å²) in [5.41, 5.74) is 1.35. The molecule has 30 heavy (non-hydrogen) atoms. The van der Waals surface area contributed by atoms with Gasteiger partial charge in [-0.1, -0.05) is 30.3 Å². The van der Waals surface area contributed by atoms with Crippen molar-refractivity contribution in [1.82, 2.24) is 15.1 Å². The number of aliphatic imine (C=N–C) groups is 1. The van der Waals surface area contributed by atoms with Crippen LogP contribution in [0.2, 0.25) is 0 Å². The number of rotatable bonds is 7. The van der Waals surface area contributed by atoms with Crippen LogP contribution in [0.5, 0.6) is 0 Å². The molecule has 1 aromatic carbocycles. The fraction of sp³-hybridized carbons (Fsp3) is 0.522. The van der Waals surface area contributed by atoms with Gasteiger partial charge in [-0.15, -0.1) is 24.0 Å². The average Bonchev–Trinajstić information content (AvgIpc) is 3.46. The predicted molar refractivity (Wildman–Crippen MR) is 131 cm³/mol. The van der Waals surface area contributed by atoms with E-state index in [1.807, 2.05) is 12.1 Å². The molecule has 1 atom stereocenters. The lowest BCUT2D eigenvalue weighted by Crippen LogP contribution is -2.47. The van der Waals surface area contributed by atoms with Crippen molar-refractivity contribution in [2.24, 2.45) is 4.99 Å². The Hall–Kier alpha value is -1.58. The van der Waals surface area contributed by atoms with Crippen molar-refractivity contribution < 1.29 is 9.15 Å². The maximum absolute atomic E-state index is 5.52. The summed E-state index contributed by atoms with van der Waals surface area (Å²) in [7, 11) is 0. The Morgan fingerprint density at radius 1 is 1.03 bits per heavy atom. The lowest BCUT2D eigenvalue weighted by atomic mass is 10.1. The molecule has 1 unspecified atom stereocenters. The summed E-state index contributed by atoms with van der Waals surface area (Å²) >= 11 is 0. The number of ether oxygens (including phenoxy) is 1. The van der Waals surface area contributed by atoms with E-state index in [0.717, 1.165) is 77.0 Å². The van der Waals surface area contributed by atoms with Crippen molar-refractivity contribution in [2.75, 3.05) is 52.5 Å². The molecule has 0 aliphatic carbocycles. The largest absolute Gasteiger partial charge is 0.469 e. The van der Waals surface area contributed by atoms with E-state index < -0.39 is 0 Å². The van der Waals surface area contributed by atoms with Gasteiger partial charge in [0.25, 0.3) is 0 Å². The van der Waals surface area contributed by atoms with E-state index in [4.69, 9.17) is 14.1 Å². The van der Waals surface area contributed by atoms with Gasteiger partial charge in [0.05, 0.1) is 19.5 Å². The van der Waals surface area contributed by atoms with Crippen LogP contribution in [0.25, 0.3) is 0 Å². The van der Waals surface area contributed by atoms with Crippen LogP contribution >= 0.6 is 24.0 Å². The lowest BCUT2D eigenvalue weighted by molar-refractivity contribution is 0.0195. The summed E-state index contributed by atoms with van der Waals surface area (Å²) in [4.78, 5) is 9.92. The molecule has 2 aromatic rings. The number of nitrogens with zero attached hydrogens (tertiary/aromatic N) is 3. The molecule has 0 radical (unpaired) electrons. The predicted octanol–water partition coefficient (Wildman–Crippen LogP) is 3.03. The van der Waals surface area contributed by atoms with Gasteiger partial charge in [-0.05, 0) is 30.5 Å². The quantitative estimate of drug-likeness (QED) is 0.343. The molecule has 2 saturated heterocycles. The van der Waals surface area contributed by atoms with Gasteiger partial charge in [0, 0.05) is 51.7 Å². The topological polar surface area (TPSA) is 53.2 Å².